The fraction of sp³-hybridized carbons (Fsp3) is 0.250. The van der Waals surface area contributed by atoms with Crippen molar-refractivity contribution in [3.63, 3.8) is 0 Å². The van der Waals surface area contributed by atoms with Crippen LogP contribution >= 0.6 is 0 Å². The van der Waals surface area contributed by atoms with E-state index in [1.165, 1.54) is 16.8 Å². The van der Waals surface area contributed by atoms with Gasteiger partial charge in [0, 0.05) is 18.8 Å². The summed E-state index contributed by atoms with van der Waals surface area (Å²) in [7, 11) is 0. The molecule has 1 aromatic rings. The van der Waals surface area contributed by atoms with Crippen LogP contribution in [0.3, 0.4) is 0 Å². The summed E-state index contributed by atoms with van der Waals surface area (Å²) < 4.78 is 0. The highest BCUT2D eigenvalue weighted by atomic mass is 15.1. The molecule has 17 heavy (non-hydrogen) atoms. The number of piperidine rings is 1. The second-order valence-electron chi connectivity index (χ2n) is 4.25. The Labute approximate surface area is 104 Å². The van der Waals surface area contributed by atoms with Crippen molar-refractivity contribution >= 4 is 5.69 Å². The van der Waals surface area contributed by atoms with E-state index in [2.05, 4.69) is 60.9 Å². The van der Waals surface area contributed by atoms with Crippen LogP contribution in [-0.2, 0) is 0 Å². The van der Waals surface area contributed by atoms with Gasteiger partial charge in [-0.1, -0.05) is 43.0 Å². The minimum absolute atomic E-state index is 0.982. The van der Waals surface area contributed by atoms with E-state index in [1.54, 1.807) is 0 Å². The minimum atomic E-state index is 0.982. The predicted octanol–water partition coefficient (Wildman–Crippen LogP) is 3.96. The first-order valence-corrected chi connectivity index (χ1v) is 6.12. The summed E-state index contributed by atoms with van der Waals surface area (Å²) in [6.45, 7) is 7.99. The molecule has 1 aliphatic rings. The molecule has 1 fully saturated rings. The number of allylic oxidation sites excluding steroid dienone is 3. The number of hydrogen-bond donors (Lipinski definition) is 0. The van der Waals surface area contributed by atoms with Crippen molar-refractivity contribution in [2.24, 2.45) is 0 Å². The summed E-state index contributed by atoms with van der Waals surface area (Å²) in [5.74, 6) is 0. The van der Waals surface area contributed by atoms with Crippen LogP contribution in [0.4, 0.5) is 5.69 Å². The minimum Gasteiger partial charge on any atom is -0.367 e. The predicted molar refractivity (Wildman–Crippen MR) is 75.3 cm³/mol. The molecule has 0 N–H and O–H groups in total. The van der Waals surface area contributed by atoms with E-state index in [0.29, 0.717) is 0 Å². The molecule has 0 amide bonds. The summed E-state index contributed by atoms with van der Waals surface area (Å²) >= 11 is 0. The van der Waals surface area contributed by atoms with Crippen molar-refractivity contribution < 1.29 is 0 Å². The van der Waals surface area contributed by atoms with Crippen molar-refractivity contribution in [3.05, 3.63) is 66.3 Å². The highest BCUT2D eigenvalue weighted by molar-refractivity contribution is 5.52. The van der Waals surface area contributed by atoms with Gasteiger partial charge in [0.1, 0.15) is 0 Å². The van der Waals surface area contributed by atoms with E-state index in [9.17, 15) is 0 Å². The Morgan fingerprint density at radius 3 is 2.59 bits per heavy atom. The molecule has 0 unspecified atom stereocenters. The Kier molecular flexibility index (Phi) is 3.81. The molecule has 88 valence electrons. The lowest BCUT2D eigenvalue weighted by Gasteiger charge is -2.32. The van der Waals surface area contributed by atoms with Gasteiger partial charge in [-0.25, -0.2) is 0 Å². The molecule has 1 heterocycles. The average Bonchev–Trinajstić information content (AvgIpc) is 2.40. The molecule has 0 radical (unpaired) electrons. The van der Waals surface area contributed by atoms with Crippen LogP contribution in [0, 0.1) is 0 Å². The Morgan fingerprint density at radius 1 is 1.18 bits per heavy atom. The first kappa shape index (κ1) is 11.7. The van der Waals surface area contributed by atoms with Gasteiger partial charge in [0.2, 0.25) is 0 Å². The zero-order valence-corrected chi connectivity index (χ0v) is 10.4. The zero-order valence-electron chi connectivity index (χ0n) is 10.4. The first-order chi connectivity index (χ1) is 8.35. The quantitative estimate of drug-likeness (QED) is 0.736. The SMILES string of the molecule is C=C/C=C1/CN(c2ccccc2)CC/C1=C/C. The van der Waals surface area contributed by atoms with Gasteiger partial charge in [0.15, 0.2) is 0 Å². The molecule has 1 heteroatoms. The van der Waals surface area contributed by atoms with E-state index in [-0.39, 0.29) is 0 Å². The summed E-state index contributed by atoms with van der Waals surface area (Å²) in [6, 6.07) is 10.6. The van der Waals surface area contributed by atoms with Crippen LogP contribution in [0.2, 0.25) is 0 Å². The standard InChI is InChI=1S/C16H19N/c1-3-8-15-13-17(12-11-14(15)4-2)16-9-6-5-7-10-16/h3-10H,1,11-13H2,2H3/b14-4-,15-8-. The molecule has 0 aliphatic carbocycles. The van der Waals surface area contributed by atoms with Gasteiger partial charge >= 0.3 is 0 Å². The highest BCUT2D eigenvalue weighted by Gasteiger charge is 2.17. The maximum Gasteiger partial charge on any atom is 0.0432 e. The monoisotopic (exact) mass is 225 g/mol. The summed E-state index contributed by atoms with van der Waals surface area (Å²) in [5.41, 5.74) is 4.15. The van der Waals surface area contributed by atoms with Gasteiger partial charge in [-0.15, -0.1) is 0 Å². The highest BCUT2D eigenvalue weighted by Crippen LogP contribution is 2.26. The zero-order chi connectivity index (χ0) is 12.1. The van der Waals surface area contributed by atoms with Crippen LogP contribution < -0.4 is 4.90 Å². The molecular weight excluding hydrogens is 206 g/mol. The molecule has 0 atom stereocenters. The van der Waals surface area contributed by atoms with Crippen LogP contribution in [0.15, 0.2) is 66.3 Å². The summed E-state index contributed by atoms with van der Waals surface area (Å²) in [6.07, 6.45) is 7.35. The van der Waals surface area contributed by atoms with E-state index < -0.39 is 0 Å². The maximum absolute atomic E-state index is 3.80. The Hall–Kier alpha value is -1.76. The molecule has 1 saturated heterocycles. The molecule has 0 saturated carbocycles. The van der Waals surface area contributed by atoms with E-state index in [0.717, 1.165) is 19.5 Å². The van der Waals surface area contributed by atoms with Gasteiger partial charge in [-0.05, 0) is 36.6 Å². The molecule has 1 aliphatic heterocycles. The van der Waals surface area contributed by atoms with Crippen molar-refractivity contribution in [1.82, 2.24) is 0 Å². The second-order valence-corrected chi connectivity index (χ2v) is 4.25. The van der Waals surface area contributed by atoms with E-state index in [4.69, 9.17) is 0 Å². The van der Waals surface area contributed by atoms with Crippen molar-refractivity contribution in [2.45, 2.75) is 13.3 Å². The molecular formula is C16H19N. The van der Waals surface area contributed by atoms with Gasteiger partial charge in [0.25, 0.3) is 0 Å². The van der Waals surface area contributed by atoms with Crippen molar-refractivity contribution in [2.75, 3.05) is 18.0 Å². The third-order valence-electron chi connectivity index (χ3n) is 3.21. The van der Waals surface area contributed by atoms with Crippen molar-refractivity contribution in [1.29, 1.82) is 0 Å². The lowest BCUT2D eigenvalue weighted by atomic mass is 9.96. The van der Waals surface area contributed by atoms with E-state index in [1.807, 2.05) is 6.08 Å². The third kappa shape index (κ3) is 2.68. The Morgan fingerprint density at radius 2 is 1.94 bits per heavy atom. The number of hydrogen-bond acceptors (Lipinski definition) is 1. The van der Waals surface area contributed by atoms with E-state index >= 15 is 0 Å². The topological polar surface area (TPSA) is 3.24 Å². The lowest BCUT2D eigenvalue weighted by molar-refractivity contribution is 0.766. The summed E-state index contributed by atoms with van der Waals surface area (Å²) in [4.78, 5) is 2.42. The molecule has 0 bridgehead atoms. The fourth-order valence-corrected chi connectivity index (χ4v) is 2.29. The molecule has 0 aromatic heterocycles. The van der Waals surface area contributed by atoms with Gasteiger partial charge in [-0.3, -0.25) is 0 Å². The number of benzene rings is 1. The molecule has 1 aromatic carbocycles. The number of anilines is 1. The van der Waals surface area contributed by atoms with Crippen LogP contribution in [0.25, 0.3) is 0 Å². The lowest BCUT2D eigenvalue weighted by Crippen LogP contribution is -2.32. The molecule has 1 nitrogen and oxygen atoms in total. The van der Waals surface area contributed by atoms with Crippen LogP contribution in [0.5, 0.6) is 0 Å². The summed E-state index contributed by atoms with van der Waals surface area (Å²) in [5, 5.41) is 0. The normalized spacial score (nSPS) is 20.9. The fourth-order valence-electron chi connectivity index (χ4n) is 2.29. The number of rotatable bonds is 2. The Bertz CT molecular complexity index is 440. The average molecular weight is 225 g/mol. The van der Waals surface area contributed by atoms with Crippen molar-refractivity contribution in [3.8, 4) is 0 Å². The number of nitrogens with zero attached hydrogens (tertiary/aromatic N) is 1. The van der Waals surface area contributed by atoms with Gasteiger partial charge in [-0.2, -0.15) is 0 Å². The second kappa shape index (κ2) is 5.53. The first-order valence-electron chi connectivity index (χ1n) is 6.12. The Balaban J connectivity index is 2.20. The van der Waals surface area contributed by atoms with Crippen LogP contribution in [-0.4, -0.2) is 13.1 Å². The van der Waals surface area contributed by atoms with Crippen LogP contribution in [0.1, 0.15) is 13.3 Å². The number of para-hydroxylation sites is 1. The molecule has 2 rings (SSSR count). The maximum atomic E-state index is 3.80. The molecule has 0 spiro atoms. The van der Waals surface area contributed by atoms with Gasteiger partial charge < -0.3 is 4.90 Å². The van der Waals surface area contributed by atoms with Gasteiger partial charge in [0.05, 0.1) is 0 Å². The third-order valence-corrected chi connectivity index (χ3v) is 3.21. The largest absolute Gasteiger partial charge is 0.367 e. The smallest absolute Gasteiger partial charge is 0.0432 e.